The highest BCUT2D eigenvalue weighted by Crippen LogP contribution is 2.37. The monoisotopic (exact) mass is 415 g/mol. The van der Waals surface area contributed by atoms with Gasteiger partial charge in [0, 0.05) is 43.4 Å². The number of rotatable bonds is 8. The van der Waals surface area contributed by atoms with Gasteiger partial charge >= 0.3 is 0 Å². The summed E-state index contributed by atoms with van der Waals surface area (Å²) < 4.78 is 17.1. The molecule has 1 aliphatic heterocycles. The summed E-state index contributed by atoms with van der Waals surface area (Å²) in [7, 11) is 1.69. The van der Waals surface area contributed by atoms with Crippen molar-refractivity contribution in [2.24, 2.45) is 16.8 Å². The van der Waals surface area contributed by atoms with E-state index in [9.17, 15) is 0 Å². The number of benzene rings is 2. The van der Waals surface area contributed by atoms with Crippen molar-refractivity contribution in [3.63, 3.8) is 0 Å². The highest BCUT2D eigenvalue weighted by Gasteiger charge is 2.26. The first-order chi connectivity index (χ1) is 14.1. The topological polar surface area (TPSA) is 40.0 Å². The molecule has 0 aromatic heterocycles. The third-order valence-corrected chi connectivity index (χ3v) is 5.54. The van der Waals surface area contributed by atoms with Crippen LogP contribution in [0.4, 0.5) is 0 Å². The molecule has 156 valence electrons. The first kappa shape index (κ1) is 21.7. The van der Waals surface area contributed by atoms with Gasteiger partial charge in [0.15, 0.2) is 0 Å². The maximum absolute atomic E-state index is 6.54. The van der Waals surface area contributed by atoms with Gasteiger partial charge in [0.1, 0.15) is 11.5 Å². The number of hydrogen-bond acceptors (Lipinski definition) is 4. The Morgan fingerprint density at radius 2 is 1.97 bits per heavy atom. The summed E-state index contributed by atoms with van der Waals surface area (Å²) in [5.74, 6) is 2.35. The van der Waals surface area contributed by atoms with Crippen LogP contribution in [0.15, 0.2) is 47.5 Å². The lowest BCUT2D eigenvalue weighted by Crippen LogP contribution is -2.18. The van der Waals surface area contributed by atoms with Crippen molar-refractivity contribution < 1.29 is 14.2 Å². The average molecular weight is 416 g/mol. The molecule has 0 aliphatic carbocycles. The molecule has 0 amide bonds. The maximum atomic E-state index is 6.54. The minimum Gasteiger partial charge on any atom is -0.492 e. The van der Waals surface area contributed by atoms with Gasteiger partial charge in [-0.3, -0.25) is 4.99 Å². The highest BCUT2D eigenvalue weighted by molar-refractivity contribution is 6.32. The fourth-order valence-electron chi connectivity index (χ4n) is 3.34. The maximum Gasteiger partial charge on any atom is 0.141 e. The molecule has 0 spiro atoms. The van der Waals surface area contributed by atoms with Crippen molar-refractivity contribution in [2.45, 2.75) is 33.2 Å². The van der Waals surface area contributed by atoms with E-state index in [0.717, 1.165) is 29.9 Å². The van der Waals surface area contributed by atoms with Crippen molar-refractivity contribution in [3.8, 4) is 11.5 Å². The number of halogens is 1. The Bertz CT molecular complexity index is 820. The largest absolute Gasteiger partial charge is 0.492 e. The van der Waals surface area contributed by atoms with E-state index in [1.54, 1.807) is 7.11 Å². The molecule has 0 N–H and O–H groups in total. The number of aliphatic imine (C=N–C) groups is 1. The molecule has 0 saturated carbocycles. The van der Waals surface area contributed by atoms with Gasteiger partial charge in [-0.05, 0) is 24.0 Å². The van der Waals surface area contributed by atoms with Gasteiger partial charge in [-0.25, -0.2) is 0 Å². The van der Waals surface area contributed by atoms with E-state index >= 15 is 0 Å². The van der Waals surface area contributed by atoms with Crippen LogP contribution in [-0.2, 0) is 11.3 Å². The Balaban J connectivity index is 1.88. The summed E-state index contributed by atoms with van der Waals surface area (Å²) in [6.45, 7) is 6.99. The minimum atomic E-state index is 0.404. The lowest BCUT2D eigenvalue weighted by atomic mass is 9.90. The molecule has 2 aromatic carbocycles. The number of ether oxygens (including phenoxy) is 3. The van der Waals surface area contributed by atoms with Crippen LogP contribution in [0.25, 0.3) is 0 Å². The van der Waals surface area contributed by atoms with E-state index in [-0.39, 0.29) is 0 Å². The molecule has 29 heavy (non-hydrogen) atoms. The SMILES string of the molecule is COCCCOc1cc2c(cc1Cl)/C(=N/Cc1ccccc1)C[C@H](C(C)C)CO2. The summed E-state index contributed by atoms with van der Waals surface area (Å²) in [5, 5.41) is 0.583. The van der Waals surface area contributed by atoms with E-state index in [0.29, 0.717) is 49.0 Å². The Kier molecular flexibility index (Phi) is 7.96. The highest BCUT2D eigenvalue weighted by atomic mass is 35.5. The molecule has 0 unspecified atom stereocenters. The Labute approximate surface area is 178 Å². The smallest absolute Gasteiger partial charge is 0.141 e. The molecule has 1 aliphatic rings. The predicted octanol–water partition coefficient (Wildman–Crippen LogP) is 5.80. The Morgan fingerprint density at radius 1 is 1.17 bits per heavy atom. The molecule has 4 nitrogen and oxygen atoms in total. The van der Waals surface area contributed by atoms with Crippen LogP contribution in [-0.4, -0.2) is 32.6 Å². The summed E-state index contributed by atoms with van der Waals surface area (Å²) in [4.78, 5) is 4.97. The third-order valence-electron chi connectivity index (χ3n) is 5.24. The molecule has 1 atom stereocenters. The van der Waals surface area contributed by atoms with Gasteiger partial charge in [0.25, 0.3) is 0 Å². The van der Waals surface area contributed by atoms with E-state index in [1.807, 2.05) is 30.3 Å². The normalized spacial score (nSPS) is 17.7. The van der Waals surface area contributed by atoms with Gasteiger partial charge in [-0.2, -0.15) is 0 Å². The van der Waals surface area contributed by atoms with Crippen molar-refractivity contribution >= 4 is 17.3 Å². The summed E-state index contributed by atoms with van der Waals surface area (Å²) in [6, 6.07) is 14.2. The minimum absolute atomic E-state index is 0.404. The van der Waals surface area contributed by atoms with E-state index in [1.165, 1.54) is 5.56 Å². The molecule has 1 heterocycles. The van der Waals surface area contributed by atoms with Crippen LogP contribution >= 0.6 is 11.6 Å². The van der Waals surface area contributed by atoms with Gasteiger partial charge in [-0.1, -0.05) is 55.8 Å². The second-order valence-electron chi connectivity index (χ2n) is 7.74. The number of hydrogen-bond donors (Lipinski definition) is 0. The van der Waals surface area contributed by atoms with Crippen LogP contribution in [0.2, 0.25) is 5.02 Å². The van der Waals surface area contributed by atoms with Crippen molar-refractivity contribution in [1.29, 1.82) is 0 Å². The van der Waals surface area contributed by atoms with Crippen molar-refractivity contribution in [3.05, 3.63) is 58.6 Å². The molecular weight excluding hydrogens is 386 g/mol. The zero-order chi connectivity index (χ0) is 20.6. The first-order valence-corrected chi connectivity index (χ1v) is 10.6. The first-order valence-electron chi connectivity index (χ1n) is 10.2. The molecule has 5 heteroatoms. The van der Waals surface area contributed by atoms with Gasteiger partial charge in [-0.15, -0.1) is 0 Å². The fraction of sp³-hybridized carbons (Fsp3) is 0.458. The predicted molar refractivity (Wildman–Crippen MR) is 119 cm³/mol. The standard InChI is InChI=1S/C24H30ClNO3/c1-17(2)19-12-22(26-15-18-8-5-4-6-9-18)20-13-21(25)24(14-23(20)29-16-19)28-11-7-10-27-3/h4-6,8-9,13-14,17,19H,7,10-12,15-16H2,1-3H3/b26-22+/t19-/m0/s1. The fourth-order valence-corrected chi connectivity index (χ4v) is 3.56. The van der Waals surface area contributed by atoms with Crippen LogP contribution in [0.5, 0.6) is 11.5 Å². The molecule has 0 saturated heterocycles. The second-order valence-corrected chi connectivity index (χ2v) is 8.15. The second kappa shape index (κ2) is 10.7. The van der Waals surface area contributed by atoms with Crippen LogP contribution in [0, 0.1) is 11.8 Å². The molecule has 0 radical (unpaired) electrons. The molecule has 0 fully saturated rings. The zero-order valence-corrected chi connectivity index (χ0v) is 18.2. The summed E-state index contributed by atoms with van der Waals surface area (Å²) in [5.41, 5.74) is 3.21. The van der Waals surface area contributed by atoms with Crippen molar-refractivity contribution in [2.75, 3.05) is 26.9 Å². The molecule has 0 bridgehead atoms. The van der Waals surface area contributed by atoms with Crippen LogP contribution in [0.3, 0.4) is 0 Å². The lowest BCUT2D eigenvalue weighted by Gasteiger charge is -2.18. The number of methoxy groups -OCH3 is 1. The molecular formula is C24H30ClNO3. The third kappa shape index (κ3) is 5.97. The molecule has 2 aromatic rings. The summed E-state index contributed by atoms with van der Waals surface area (Å²) in [6.07, 6.45) is 1.69. The molecule has 3 rings (SSSR count). The number of nitrogens with zero attached hydrogens (tertiary/aromatic N) is 1. The Hall–Kier alpha value is -2.04. The van der Waals surface area contributed by atoms with Gasteiger partial charge in [0.05, 0.1) is 24.8 Å². The van der Waals surface area contributed by atoms with E-state index in [4.69, 9.17) is 30.8 Å². The van der Waals surface area contributed by atoms with E-state index in [2.05, 4.69) is 26.0 Å². The zero-order valence-electron chi connectivity index (χ0n) is 17.5. The van der Waals surface area contributed by atoms with Gasteiger partial charge in [0.2, 0.25) is 0 Å². The van der Waals surface area contributed by atoms with Gasteiger partial charge < -0.3 is 14.2 Å². The average Bonchev–Trinajstić information content (AvgIpc) is 2.90. The van der Waals surface area contributed by atoms with E-state index < -0.39 is 0 Å². The number of fused-ring (bicyclic) bond motifs is 1. The van der Waals surface area contributed by atoms with Crippen molar-refractivity contribution in [1.82, 2.24) is 0 Å². The van der Waals surface area contributed by atoms with Crippen LogP contribution < -0.4 is 9.47 Å². The Morgan fingerprint density at radius 3 is 2.69 bits per heavy atom. The lowest BCUT2D eigenvalue weighted by molar-refractivity contribution is 0.172. The summed E-state index contributed by atoms with van der Waals surface area (Å²) >= 11 is 6.54. The van der Waals surface area contributed by atoms with Crippen LogP contribution in [0.1, 0.15) is 37.8 Å². The quantitative estimate of drug-likeness (QED) is 0.511.